The average Bonchev–Trinajstić information content (AvgIpc) is 3.08. The highest BCUT2D eigenvalue weighted by atomic mass is 32.2. The van der Waals surface area contributed by atoms with E-state index >= 15 is 0 Å². The smallest absolute Gasteiger partial charge is 0.250 e. The number of aryl methyl sites for hydroxylation is 1. The van der Waals surface area contributed by atoms with Crippen LogP contribution >= 0.6 is 11.3 Å². The van der Waals surface area contributed by atoms with Crippen LogP contribution < -0.4 is 5.32 Å². The van der Waals surface area contributed by atoms with Gasteiger partial charge < -0.3 is 0 Å². The van der Waals surface area contributed by atoms with Crippen molar-refractivity contribution in [3.63, 3.8) is 0 Å². The Hall–Kier alpha value is -2.10. The van der Waals surface area contributed by atoms with E-state index < -0.39 is 10.0 Å². The monoisotopic (exact) mass is 394 g/mol. The molecule has 1 amide bonds. The van der Waals surface area contributed by atoms with E-state index in [1.807, 2.05) is 6.92 Å². The lowest BCUT2D eigenvalue weighted by atomic mass is 10.2. The van der Waals surface area contributed by atoms with Gasteiger partial charge >= 0.3 is 0 Å². The van der Waals surface area contributed by atoms with Crippen LogP contribution in [0.2, 0.25) is 0 Å². The quantitative estimate of drug-likeness (QED) is 0.695. The molecule has 0 unspecified atom stereocenters. The van der Waals surface area contributed by atoms with Crippen molar-refractivity contribution in [1.29, 1.82) is 0 Å². The first-order valence-electron chi connectivity index (χ1n) is 8.32. The molecule has 1 aromatic carbocycles. The van der Waals surface area contributed by atoms with Crippen molar-refractivity contribution >= 4 is 38.5 Å². The van der Waals surface area contributed by atoms with Gasteiger partial charge in [0, 0.05) is 19.2 Å². The molecule has 2 aromatic rings. The molecule has 1 aromatic heterocycles. The number of anilines is 1. The number of nitrogens with zero attached hydrogens (tertiary/aromatic N) is 3. The molecule has 0 aliphatic heterocycles. The highest BCUT2D eigenvalue weighted by molar-refractivity contribution is 7.89. The molecule has 0 saturated heterocycles. The van der Waals surface area contributed by atoms with Gasteiger partial charge in [0.2, 0.25) is 21.1 Å². The number of amides is 1. The van der Waals surface area contributed by atoms with Gasteiger partial charge in [-0.05, 0) is 30.2 Å². The van der Waals surface area contributed by atoms with Gasteiger partial charge in [0.15, 0.2) is 0 Å². The Kier molecular flexibility index (Phi) is 7.01. The van der Waals surface area contributed by atoms with E-state index in [4.69, 9.17) is 0 Å². The Balaban J connectivity index is 2.04. The summed E-state index contributed by atoms with van der Waals surface area (Å²) in [7, 11) is -3.47. The highest BCUT2D eigenvalue weighted by Gasteiger charge is 2.20. The SMILES string of the molecule is CCc1nnc(NC(=O)/C=C/c2ccc(S(=O)(=O)N(CC)CC)cc2)s1. The zero-order valence-corrected chi connectivity index (χ0v) is 16.6. The van der Waals surface area contributed by atoms with Crippen LogP contribution in [0.25, 0.3) is 6.08 Å². The molecule has 0 bridgehead atoms. The van der Waals surface area contributed by atoms with E-state index in [1.165, 1.54) is 21.7 Å². The molecule has 0 atom stereocenters. The lowest BCUT2D eigenvalue weighted by molar-refractivity contribution is -0.111. The minimum atomic E-state index is -3.47. The van der Waals surface area contributed by atoms with Gasteiger partial charge in [0.1, 0.15) is 5.01 Å². The second-order valence-electron chi connectivity index (χ2n) is 5.34. The fourth-order valence-electron chi connectivity index (χ4n) is 2.23. The number of hydrogen-bond acceptors (Lipinski definition) is 6. The summed E-state index contributed by atoms with van der Waals surface area (Å²) in [5.41, 5.74) is 0.727. The molecule has 7 nitrogen and oxygen atoms in total. The Morgan fingerprint density at radius 2 is 1.81 bits per heavy atom. The lowest BCUT2D eigenvalue weighted by Gasteiger charge is -2.18. The number of aromatic nitrogens is 2. The van der Waals surface area contributed by atoms with Crippen LogP contribution in [0.1, 0.15) is 31.3 Å². The molecule has 140 valence electrons. The third kappa shape index (κ3) is 4.96. The number of nitrogens with one attached hydrogen (secondary N) is 1. The maximum Gasteiger partial charge on any atom is 0.250 e. The van der Waals surface area contributed by atoms with Gasteiger partial charge in [0.05, 0.1) is 4.90 Å². The third-order valence-electron chi connectivity index (χ3n) is 3.65. The van der Waals surface area contributed by atoms with Crippen molar-refractivity contribution in [2.24, 2.45) is 0 Å². The van der Waals surface area contributed by atoms with Crippen molar-refractivity contribution < 1.29 is 13.2 Å². The molecule has 0 aliphatic carbocycles. The molecule has 26 heavy (non-hydrogen) atoms. The van der Waals surface area contributed by atoms with Gasteiger partial charge in [-0.3, -0.25) is 10.1 Å². The average molecular weight is 395 g/mol. The summed E-state index contributed by atoms with van der Waals surface area (Å²) in [5, 5.41) is 11.8. The predicted molar refractivity (Wildman–Crippen MR) is 103 cm³/mol. The van der Waals surface area contributed by atoms with Crippen molar-refractivity contribution in [1.82, 2.24) is 14.5 Å². The number of rotatable bonds is 8. The van der Waals surface area contributed by atoms with Crippen LogP contribution in [-0.4, -0.2) is 41.9 Å². The second-order valence-corrected chi connectivity index (χ2v) is 8.34. The second kappa shape index (κ2) is 9.02. The molecule has 0 spiro atoms. The molecule has 9 heteroatoms. The molecule has 0 saturated carbocycles. The third-order valence-corrected chi connectivity index (χ3v) is 6.70. The molecule has 0 radical (unpaired) electrons. The summed E-state index contributed by atoms with van der Waals surface area (Å²) < 4.78 is 26.3. The van der Waals surface area contributed by atoms with E-state index in [0.717, 1.165) is 17.0 Å². The van der Waals surface area contributed by atoms with E-state index in [2.05, 4.69) is 15.5 Å². The first-order valence-corrected chi connectivity index (χ1v) is 10.6. The number of carbonyl (C=O) groups is 1. The molecule has 0 aliphatic rings. The topological polar surface area (TPSA) is 92.3 Å². The van der Waals surface area contributed by atoms with Gasteiger partial charge in [0.25, 0.3) is 0 Å². The molecular weight excluding hydrogens is 372 g/mol. The van der Waals surface area contributed by atoms with Crippen LogP contribution in [0.3, 0.4) is 0 Å². The number of carbonyl (C=O) groups excluding carboxylic acids is 1. The van der Waals surface area contributed by atoms with E-state index in [0.29, 0.717) is 18.2 Å². The van der Waals surface area contributed by atoms with Crippen LogP contribution in [0, 0.1) is 0 Å². The standard InChI is InChI=1S/C17H22N4O3S2/c1-4-16-19-20-17(25-16)18-15(22)12-9-13-7-10-14(11-8-13)26(23,24)21(5-2)6-3/h7-12H,4-6H2,1-3H3,(H,18,20,22)/b12-9+. The molecular formula is C17H22N4O3S2. The minimum absolute atomic E-state index is 0.240. The first kappa shape index (κ1) is 20.2. The van der Waals surface area contributed by atoms with Crippen LogP contribution in [0.4, 0.5) is 5.13 Å². The summed E-state index contributed by atoms with van der Waals surface area (Å²) >= 11 is 1.34. The van der Waals surface area contributed by atoms with Crippen molar-refractivity contribution in [3.8, 4) is 0 Å². The lowest BCUT2D eigenvalue weighted by Crippen LogP contribution is -2.30. The Morgan fingerprint density at radius 3 is 2.35 bits per heavy atom. The minimum Gasteiger partial charge on any atom is -0.297 e. The van der Waals surface area contributed by atoms with Crippen molar-refractivity contribution in [2.75, 3.05) is 18.4 Å². The van der Waals surface area contributed by atoms with Crippen LogP contribution in [0.15, 0.2) is 35.2 Å². The summed E-state index contributed by atoms with van der Waals surface area (Å²) in [6.07, 6.45) is 3.76. The summed E-state index contributed by atoms with van der Waals surface area (Å²) in [6.45, 7) is 6.42. The van der Waals surface area contributed by atoms with Gasteiger partial charge in [-0.2, -0.15) is 4.31 Å². The van der Waals surface area contributed by atoms with E-state index in [1.54, 1.807) is 44.2 Å². The maximum atomic E-state index is 12.4. The van der Waals surface area contributed by atoms with E-state index in [9.17, 15) is 13.2 Å². The first-order chi connectivity index (χ1) is 12.4. The van der Waals surface area contributed by atoms with Crippen LogP contribution in [0.5, 0.6) is 0 Å². The Morgan fingerprint density at radius 1 is 1.15 bits per heavy atom. The van der Waals surface area contributed by atoms with E-state index in [-0.39, 0.29) is 10.8 Å². The van der Waals surface area contributed by atoms with Gasteiger partial charge in [-0.1, -0.05) is 44.2 Å². The maximum absolute atomic E-state index is 12.4. The zero-order valence-electron chi connectivity index (χ0n) is 15.0. The van der Waals surface area contributed by atoms with Gasteiger partial charge in [-0.15, -0.1) is 10.2 Å². The van der Waals surface area contributed by atoms with Crippen molar-refractivity contribution in [3.05, 3.63) is 40.9 Å². The fraction of sp³-hybridized carbons (Fsp3) is 0.353. The highest BCUT2D eigenvalue weighted by Crippen LogP contribution is 2.17. The fourth-order valence-corrected chi connectivity index (χ4v) is 4.37. The summed E-state index contributed by atoms with van der Waals surface area (Å²) in [6, 6.07) is 6.42. The number of sulfonamides is 1. The normalized spacial score (nSPS) is 12.0. The van der Waals surface area contributed by atoms with Gasteiger partial charge in [-0.25, -0.2) is 8.42 Å². The molecule has 1 heterocycles. The largest absolute Gasteiger partial charge is 0.297 e. The number of hydrogen-bond donors (Lipinski definition) is 1. The van der Waals surface area contributed by atoms with Crippen molar-refractivity contribution in [2.45, 2.75) is 32.1 Å². The molecule has 2 rings (SSSR count). The molecule has 1 N–H and O–H groups in total. The number of benzene rings is 1. The summed E-state index contributed by atoms with van der Waals surface area (Å²) in [5.74, 6) is -0.316. The summed E-state index contributed by atoms with van der Waals surface area (Å²) in [4.78, 5) is 12.2. The Labute approximate surface area is 157 Å². The zero-order chi connectivity index (χ0) is 19.2. The Bertz CT molecular complexity index is 870. The molecule has 0 fully saturated rings. The predicted octanol–water partition coefficient (Wildman–Crippen LogP) is 2.78. The van der Waals surface area contributed by atoms with Crippen LogP contribution in [-0.2, 0) is 21.2 Å².